The van der Waals surface area contributed by atoms with Gasteiger partial charge in [0.05, 0.1) is 23.9 Å². The van der Waals surface area contributed by atoms with Gasteiger partial charge in [-0.05, 0) is 25.8 Å². The van der Waals surface area contributed by atoms with Crippen LogP contribution in [0.4, 0.5) is 10.2 Å². The first kappa shape index (κ1) is 23.9. The van der Waals surface area contributed by atoms with Crippen molar-refractivity contribution in [1.29, 1.82) is 5.26 Å². The molecule has 0 spiro atoms. The zero-order valence-corrected chi connectivity index (χ0v) is 21.0. The minimum absolute atomic E-state index is 0.0182. The molecule has 1 aliphatic heterocycles. The van der Waals surface area contributed by atoms with Crippen molar-refractivity contribution in [1.82, 2.24) is 33.7 Å². The van der Waals surface area contributed by atoms with Crippen molar-refractivity contribution in [3.8, 4) is 6.07 Å². The van der Waals surface area contributed by atoms with E-state index in [4.69, 9.17) is 5.26 Å². The summed E-state index contributed by atoms with van der Waals surface area (Å²) in [6, 6.07) is 9.21. The zero-order chi connectivity index (χ0) is 25.6. The fraction of sp³-hybridized carbons (Fsp3) is 0.480. The van der Waals surface area contributed by atoms with Crippen molar-refractivity contribution >= 4 is 17.1 Å². The zero-order valence-electron chi connectivity index (χ0n) is 21.0. The Morgan fingerprint density at radius 1 is 1.17 bits per heavy atom. The lowest BCUT2D eigenvalue weighted by molar-refractivity contribution is 0.0985. The Labute approximate surface area is 208 Å². The number of halogens is 1. The van der Waals surface area contributed by atoms with Crippen LogP contribution in [0.1, 0.15) is 51.0 Å². The smallest absolute Gasteiger partial charge is 0.255 e. The van der Waals surface area contributed by atoms with E-state index in [-0.39, 0.29) is 30.1 Å². The maximum atomic E-state index is 13.6. The topological polar surface area (TPSA) is 99.8 Å². The van der Waals surface area contributed by atoms with Crippen LogP contribution in [0.5, 0.6) is 0 Å². The van der Waals surface area contributed by atoms with Crippen LogP contribution >= 0.6 is 0 Å². The normalized spacial score (nSPS) is 19.7. The Morgan fingerprint density at radius 3 is 2.67 bits per heavy atom. The van der Waals surface area contributed by atoms with Crippen LogP contribution in [0.15, 0.2) is 35.3 Å². The Bertz CT molecular complexity index is 1510. The molecule has 4 aromatic heterocycles. The minimum Gasteiger partial charge on any atom is -0.351 e. The number of nitriles is 1. The van der Waals surface area contributed by atoms with E-state index < -0.39 is 5.95 Å². The molecule has 10 nitrogen and oxygen atoms in total. The molecule has 5 heterocycles. The summed E-state index contributed by atoms with van der Waals surface area (Å²) in [5.74, 6) is 0.208. The van der Waals surface area contributed by atoms with E-state index in [1.165, 1.54) is 10.6 Å². The Morgan fingerprint density at radius 2 is 1.94 bits per heavy atom. The standard InChI is InChI=1S/C25H30FN9O/c1-5-18-15-33(24-13-25(36)31(4)23-11-17(7-9-27)29-35(23)24)19(6-2)14-32(18)16(3)20-8-10-34-22(28-20)12-21(26)30-34/h8,10-13,16,18-19H,5-7,14-15H2,1-4H3/t16?,18-,19+/m1/s1. The molecule has 0 saturated carbocycles. The lowest BCUT2D eigenvalue weighted by atomic mass is 9.99. The molecule has 0 bridgehead atoms. The number of aryl methyl sites for hydroxylation is 1. The predicted molar refractivity (Wildman–Crippen MR) is 133 cm³/mol. The molecule has 1 unspecified atom stereocenters. The number of hydrogen-bond acceptors (Lipinski definition) is 7. The molecule has 5 rings (SSSR count). The fourth-order valence-corrected chi connectivity index (χ4v) is 5.29. The number of piperazine rings is 1. The van der Waals surface area contributed by atoms with Gasteiger partial charge in [-0.25, -0.2) is 14.0 Å². The second kappa shape index (κ2) is 9.35. The van der Waals surface area contributed by atoms with E-state index in [9.17, 15) is 9.18 Å². The van der Waals surface area contributed by atoms with E-state index in [2.05, 4.69) is 51.8 Å². The van der Waals surface area contributed by atoms with E-state index in [0.29, 0.717) is 17.0 Å². The monoisotopic (exact) mass is 491 g/mol. The van der Waals surface area contributed by atoms with Crippen LogP contribution in [0.25, 0.3) is 11.3 Å². The van der Waals surface area contributed by atoms with Crippen molar-refractivity contribution in [3.63, 3.8) is 0 Å². The van der Waals surface area contributed by atoms with Gasteiger partial charge in [0.15, 0.2) is 5.65 Å². The molecular formula is C25H30FN9O. The fourth-order valence-electron chi connectivity index (χ4n) is 5.29. The molecular weight excluding hydrogens is 461 g/mol. The quantitative estimate of drug-likeness (QED) is 0.409. The average Bonchev–Trinajstić information content (AvgIpc) is 3.47. The predicted octanol–water partition coefficient (Wildman–Crippen LogP) is 2.72. The summed E-state index contributed by atoms with van der Waals surface area (Å²) in [4.78, 5) is 22.3. The van der Waals surface area contributed by atoms with Gasteiger partial charge in [0.25, 0.3) is 5.56 Å². The summed E-state index contributed by atoms with van der Waals surface area (Å²) >= 11 is 0. The molecule has 1 aliphatic rings. The highest BCUT2D eigenvalue weighted by Crippen LogP contribution is 2.31. The molecule has 1 saturated heterocycles. The maximum absolute atomic E-state index is 13.6. The van der Waals surface area contributed by atoms with Crippen molar-refractivity contribution in [2.24, 2.45) is 7.05 Å². The maximum Gasteiger partial charge on any atom is 0.255 e. The molecule has 0 amide bonds. The second-order valence-electron chi connectivity index (χ2n) is 9.41. The number of nitrogens with zero attached hydrogens (tertiary/aromatic N) is 9. The molecule has 1 fully saturated rings. The molecule has 0 N–H and O–H groups in total. The van der Waals surface area contributed by atoms with Crippen LogP contribution in [0.2, 0.25) is 0 Å². The summed E-state index contributed by atoms with van der Waals surface area (Å²) in [6.45, 7) is 7.94. The van der Waals surface area contributed by atoms with E-state index in [1.54, 1.807) is 28.4 Å². The van der Waals surface area contributed by atoms with Gasteiger partial charge in [-0.3, -0.25) is 14.3 Å². The van der Waals surface area contributed by atoms with Crippen LogP contribution in [0.3, 0.4) is 0 Å². The summed E-state index contributed by atoms with van der Waals surface area (Å²) < 4.78 is 18.4. The first-order valence-electron chi connectivity index (χ1n) is 12.3. The van der Waals surface area contributed by atoms with Gasteiger partial charge >= 0.3 is 0 Å². The third kappa shape index (κ3) is 4.01. The SMILES string of the molecule is CC[C@H]1CN(C(C)c2ccn3nc(F)cc3n2)[C@H](CC)CN1c1cc(=O)n(C)c2cc(CC#N)nn12. The Hall–Kier alpha value is -3.78. The van der Waals surface area contributed by atoms with Crippen molar-refractivity contribution < 1.29 is 4.39 Å². The van der Waals surface area contributed by atoms with Gasteiger partial charge in [0, 0.05) is 62.7 Å². The van der Waals surface area contributed by atoms with Gasteiger partial charge in [0.1, 0.15) is 11.5 Å². The van der Waals surface area contributed by atoms with Crippen molar-refractivity contribution in [2.75, 3.05) is 18.0 Å². The van der Waals surface area contributed by atoms with Crippen LogP contribution in [-0.4, -0.2) is 58.9 Å². The Kier molecular flexibility index (Phi) is 6.22. The largest absolute Gasteiger partial charge is 0.351 e. The number of anilines is 1. The molecule has 0 radical (unpaired) electrons. The van der Waals surface area contributed by atoms with Gasteiger partial charge in [-0.2, -0.15) is 14.8 Å². The number of rotatable bonds is 6. The molecule has 0 aromatic carbocycles. The molecule has 188 valence electrons. The van der Waals surface area contributed by atoms with Gasteiger partial charge < -0.3 is 4.90 Å². The highest BCUT2D eigenvalue weighted by Gasteiger charge is 2.37. The Balaban J connectivity index is 1.50. The van der Waals surface area contributed by atoms with Crippen LogP contribution in [0, 0.1) is 17.3 Å². The van der Waals surface area contributed by atoms with E-state index in [1.807, 2.05) is 12.1 Å². The van der Waals surface area contributed by atoms with Gasteiger partial charge in [-0.15, -0.1) is 5.10 Å². The third-order valence-electron chi connectivity index (χ3n) is 7.36. The van der Waals surface area contributed by atoms with Crippen molar-refractivity contribution in [3.05, 3.63) is 58.2 Å². The number of aromatic nitrogens is 6. The summed E-state index contributed by atoms with van der Waals surface area (Å²) in [5.41, 5.74) is 2.57. The van der Waals surface area contributed by atoms with Gasteiger partial charge in [0.2, 0.25) is 5.95 Å². The highest BCUT2D eigenvalue weighted by atomic mass is 19.1. The van der Waals surface area contributed by atoms with Gasteiger partial charge in [-0.1, -0.05) is 13.8 Å². The second-order valence-corrected chi connectivity index (χ2v) is 9.41. The number of fused-ring (bicyclic) bond motifs is 2. The first-order chi connectivity index (χ1) is 17.3. The van der Waals surface area contributed by atoms with Crippen LogP contribution < -0.4 is 10.5 Å². The molecule has 0 aliphatic carbocycles. The minimum atomic E-state index is -0.546. The first-order valence-corrected chi connectivity index (χ1v) is 12.3. The lowest BCUT2D eigenvalue weighted by Crippen LogP contribution is -2.59. The summed E-state index contributed by atoms with van der Waals surface area (Å²) in [5, 5.41) is 17.6. The third-order valence-corrected chi connectivity index (χ3v) is 7.36. The molecule has 36 heavy (non-hydrogen) atoms. The summed E-state index contributed by atoms with van der Waals surface area (Å²) in [7, 11) is 1.72. The number of hydrogen-bond donors (Lipinski definition) is 0. The highest BCUT2D eigenvalue weighted by molar-refractivity contribution is 5.52. The molecule has 4 aromatic rings. The summed E-state index contributed by atoms with van der Waals surface area (Å²) in [6.07, 6.45) is 3.73. The van der Waals surface area contributed by atoms with Crippen LogP contribution in [-0.2, 0) is 13.5 Å². The molecule has 11 heteroatoms. The van der Waals surface area contributed by atoms with E-state index >= 15 is 0 Å². The van der Waals surface area contributed by atoms with Crippen molar-refractivity contribution in [2.45, 2.75) is 58.2 Å². The van der Waals surface area contributed by atoms with E-state index in [0.717, 1.165) is 37.4 Å². The average molecular weight is 492 g/mol. The lowest BCUT2D eigenvalue weighted by Gasteiger charge is -2.49. The molecule has 3 atom stereocenters.